The van der Waals surface area contributed by atoms with Gasteiger partial charge in [-0.05, 0) is 42.5 Å². The average Bonchev–Trinajstić information content (AvgIpc) is 3.49. The molecule has 158 valence electrons. The Kier molecular flexibility index (Phi) is 5.52. The molecule has 0 bridgehead atoms. The van der Waals surface area contributed by atoms with E-state index >= 15 is 0 Å². The second kappa shape index (κ2) is 8.57. The quantitative estimate of drug-likeness (QED) is 0.322. The molecule has 0 saturated carbocycles. The highest BCUT2D eigenvalue weighted by Crippen LogP contribution is 2.34. The second-order valence-electron chi connectivity index (χ2n) is 6.41. The first kappa shape index (κ1) is 20.0. The van der Waals surface area contributed by atoms with Gasteiger partial charge in [0.25, 0.3) is 11.6 Å². The molecule has 0 aliphatic heterocycles. The predicted octanol–water partition coefficient (Wildman–Crippen LogP) is 4.53. The number of nitro groups is 1. The van der Waals surface area contributed by atoms with Crippen LogP contribution in [0.15, 0.2) is 63.7 Å². The summed E-state index contributed by atoms with van der Waals surface area (Å²) in [4.78, 5) is 15.5. The van der Waals surface area contributed by atoms with Gasteiger partial charge >= 0.3 is 0 Å². The third-order valence-electron chi connectivity index (χ3n) is 4.54. The van der Waals surface area contributed by atoms with E-state index in [0.29, 0.717) is 46.4 Å². The maximum absolute atomic E-state index is 11.6. The summed E-state index contributed by atoms with van der Waals surface area (Å²) in [6, 6.07) is 13.4. The van der Waals surface area contributed by atoms with Crippen molar-refractivity contribution in [2.75, 3.05) is 19.5 Å². The SMILES string of the molecule is COc1ccc(-c2noc(-c3ccc(NCc4ccco4)c([N+](=O)[O-])c3)n2)cc1OC. The van der Waals surface area contributed by atoms with E-state index in [0.717, 1.165) is 0 Å². The Balaban J connectivity index is 1.61. The van der Waals surface area contributed by atoms with Crippen LogP contribution in [0.25, 0.3) is 22.8 Å². The molecule has 2 heterocycles. The molecule has 4 rings (SSSR count). The monoisotopic (exact) mass is 422 g/mol. The van der Waals surface area contributed by atoms with Gasteiger partial charge < -0.3 is 23.7 Å². The van der Waals surface area contributed by atoms with Gasteiger partial charge in [0.2, 0.25) is 5.82 Å². The summed E-state index contributed by atoms with van der Waals surface area (Å²) in [5, 5.41) is 18.6. The fraction of sp³-hybridized carbons (Fsp3) is 0.143. The van der Waals surface area contributed by atoms with E-state index in [1.807, 2.05) is 0 Å². The molecule has 0 amide bonds. The topological polar surface area (TPSA) is 126 Å². The number of nitro benzene ring substituents is 1. The zero-order chi connectivity index (χ0) is 21.8. The molecule has 0 aliphatic carbocycles. The van der Waals surface area contributed by atoms with E-state index in [1.165, 1.54) is 13.2 Å². The summed E-state index contributed by atoms with van der Waals surface area (Å²) in [7, 11) is 3.08. The summed E-state index contributed by atoms with van der Waals surface area (Å²) in [5.74, 6) is 2.23. The molecule has 10 heteroatoms. The van der Waals surface area contributed by atoms with Gasteiger partial charge in [0, 0.05) is 17.2 Å². The van der Waals surface area contributed by atoms with Crippen LogP contribution in [0.1, 0.15) is 5.76 Å². The first-order chi connectivity index (χ1) is 15.1. The number of nitrogens with one attached hydrogen (secondary N) is 1. The Morgan fingerprint density at radius 3 is 2.58 bits per heavy atom. The predicted molar refractivity (Wildman–Crippen MR) is 111 cm³/mol. The van der Waals surface area contributed by atoms with Crippen LogP contribution in [0.4, 0.5) is 11.4 Å². The van der Waals surface area contributed by atoms with Gasteiger partial charge in [-0.1, -0.05) is 5.16 Å². The minimum absolute atomic E-state index is 0.116. The summed E-state index contributed by atoms with van der Waals surface area (Å²) in [5.41, 5.74) is 1.31. The average molecular weight is 422 g/mol. The third-order valence-corrected chi connectivity index (χ3v) is 4.54. The number of rotatable bonds is 8. The van der Waals surface area contributed by atoms with E-state index in [2.05, 4.69) is 15.5 Å². The van der Waals surface area contributed by atoms with Crippen molar-refractivity contribution in [3.8, 4) is 34.3 Å². The molecule has 4 aromatic rings. The molecule has 31 heavy (non-hydrogen) atoms. The first-order valence-corrected chi connectivity index (χ1v) is 9.20. The normalized spacial score (nSPS) is 10.6. The van der Waals surface area contributed by atoms with E-state index in [-0.39, 0.29) is 11.6 Å². The van der Waals surface area contributed by atoms with Crippen molar-refractivity contribution in [2.45, 2.75) is 6.54 Å². The molecular weight excluding hydrogens is 404 g/mol. The van der Waals surface area contributed by atoms with Gasteiger partial charge in [-0.25, -0.2) is 0 Å². The maximum Gasteiger partial charge on any atom is 0.293 e. The van der Waals surface area contributed by atoms with Crippen molar-refractivity contribution in [2.24, 2.45) is 0 Å². The highest BCUT2D eigenvalue weighted by Gasteiger charge is 2.19. The van der Waals surface area contributed by atoms with E-state index in [9.17, 15) is 10.1 Å². The molecule has 0 spiro atoms. The fourth-order valence-corrected chi connectivity index (χ4v) is 2.99. The van der Waals surface area contributed by atoms with Crippen LogP contribution < -0.4 is 14.8 Å². The van der Waals surface area contributed by atoms with Crippen LogP contribution in [-0.2, 0) is 6.54 Å². The van der Waals surface area contributed by atoms with Gasteiger partial charge in [-0.2, -0.15) is 4.98 Å². The van der Waals surface area contributed by atoms with Crippen LogP contribution >= 0.6 is 0 Å². The van der Waals surface area contributed by atoms with Crippen LogP contribution in [0.2, 0.25) is 0 Å². The van der Waals surface area contributed by atoms with Crippen LogP contribution in [0, 0.1) is 10.1 Å². The molecule has 0 fully saturated rings. The summed E-state index contributed by atoms with van der Waals surface area (Å²) >= 11 is 0. The minimum Gasteiger partial charge on any atom is -0.493 e. The number of hydrogen-bond acceptors (Lipinski definition) is 9. The van der Waals surface area contributed by atoms with E-state index < -0.39 is 4.92 Å². The zero-order valence-electron chi connectivity index (χ0n) is 16.7. The third kappa shape index (κ3) is 4.17. The largest absolute Gasteiger partial charge is 0.493 e. The number of aromatic nitrogens is 2. The molecule has 10 nitrogen and oxygen atoms in total. The smallest absolute Gasteiger partial charge is 0.293 e. The van der Waals surface area contributed by atoms with Crippen molar-refractivity contribution in [3.05, 3.63) is 70.7 Å². The summed E-state index contributed by atoms with van der Waals surface area (Å²) < 4.78 is 21.1. The van der Waals surface area contributed by atoms with Crippen molar-refractivity contribution in [1.29, 1.82) is 0 Å². The van der Waals surface area contributed by atoms with Crippen molar-refractivity contribution >= 4 is 11.4 Å². The highest BCUT2D eigenvalue weighted by atomic mass is 16.6. The van der Waals surface area contributed by atoms with Crippen molar-refractivity contribution in [3.63, 3.8) is 0 Å². The number of nitrogens with zero attached hydrogens (tertiary/aromatic N) is 3. The van der Waals surface area contributed by atoms with Gasteiger partial charge in [0.05, 0.1) is 32.0 Å². The summed E-state index contributed by atoms with van der Waals surface area (Å²) in [6.07, 6.45) is 1.54. The van der Waals surface area contributed by atoms with Gasteiger partial charge in [-0.3, -0.25) is 10.1 Å². The van der Waals surface area contributed by atoms with Crippen LogP contribution in [0.5, 0.6) is 11.5 Å². The van der Waals surface area contributed by atoms with Crippen LogP contribution in [-0.4, -0.2) is 29.3 Å². The highest BCUT2D eigenvalue weighted by molar-refractivity contribution is 5.71. The number of anilines is 1. The lowest BCUT2D eigenvalue weighted by Crippen LogP contribution is -2.02. The fourth-order valence-electron chi connectivity index (χ4n) is 2.99. The molecule has 0 unspecified atom stereocenters. The molecule has 0 saturated heterocycles. The molecule has 0 atom stereocenters. The van der Waals surface area contributed by atoms with E-state index in [4.69, 9.17) is 18.4 Å². The Morgan fingerprint density at radius 1 is 1.06 bits per heavy atom. The van der Waals surface area contributed by atoms with Crippen molar-refractivity contribution < 1.29 is 23.3 Å². The standard InChI is InChI=1S/C21H18N4O6/c1-28-18-8-6-13(11-19(18)29-2)20-23-21(31-24-20)14-5-7-16(17(10-14)25(26)27)22-12-15-4-3-9-30-15/h3-11,22H,12H2,1-2H3. The molecular formula is C21H18N4O6. The number of furan rings is 1. The lowest BCUT2D eigenvalue weighted by atomic mass is 10.1. The lowest BCUT2D eigenvalue weighted by Gasteiger charge is -2.07. The first-order valence-electron chi connectivity index (χ1n) is 9.20. The molecule has 1 N–H and O–H groups in total. The van der Waals surface area contributed by atoms with Crippen LogP contribution in [0.3, 0.4) is 0 Å². The van der Waals surface area contributed by atoms with E-state index in [1.54, 1.807) is 55.8 Å². The minimum atomic E-state index is -0.473. The van der Waals surface area contributed by atoms with Gasteiger partial charge in [-0.15, -0.1) is 0 Å². The second-order valence-corrected chi connectivity index (χ2v) is 6.41. The molecule has 0 radical (unpaired) electrons. The number of hydrogen-bond donors (Lipinski definition) is 1. The Morgan fingerprint density at radius 2 is 1.87 bits per heavy atom. The maximum atomic E-state index is 11.6. The van der Waals surface area contributed by atoms with Gasteiger partial charge in [0.1, 0.15) is 11.4 Å². The van der Waals surface area contributed by atoms with Crippen molar-refractivity contribution in [1.82, 2.24) is 10.1 Å². The molecule has 2 aromatic carbocycles. The number of ether oxygens (including phenoxy) is 2. The Hall–Kier alpha value is -4.34. The lowest BCUT2D eigenvalue weighted by molar-refractivity contribution is -0.383. The summed E-state index contributed by atoms with van der Waals surface area (Å²) in [6.45, 7) is 0.317. The zero-order valence-corrected chi connectivity index (χ0v) is 16.7. The Bertz CT molecular complexity index is 1200. The molecule has 2 aromatic heterocycles. The number of benzene rings is 2. The molecule has 0 aliphatic rings. The Labute approximate surface area is 176 Å². The number of methoxy groups -OCH3 is 2. The van der Waals surface area contributed by atoms with Gasteiger partial charge in [0.15, 0.2) is 11.5 Å².